The van der Waals surface area contributed by atoms with Crippen LogP contribution in [0.5, 0.6) is 0 Å². The van der Waals surface area contributed by atoms with E-state index in [9.17, 15) is 0 Å². The molecule has 0 saturated heterocycles. The van der Waals surface area contributed by atoms with E-state index in [1.54, 1.807) is 0 Å². The number of anilines is 1. The minimum Gasteiger partial charge on any atom is -0.398 e. The zero-order valence-electron chi connectivity index (χ0n) is 8.50. The number of halogens is 1. The van der Waals surface area contributed by atoms with Crippen molar-refractivity contribution in [3.05, 3.63) is 52.5 Å². The fourth-order valence-electron chi connectivity index (χ4n) is 1.57. The van der Waals surface area contributed by atoms with Crippen LogP contribution in [0.3, 0.4) is 0 Å². The van der Waals surface area contributed by atoms with Gasteiger partial charge in [0, 0.05) is 15.7 Å². The van der Waals surface area contributed by atoms with Crippen molar-refractivity contribution in [3.8, 4) is 11.1 Å². The number of hydrogen-bond donors (Lipinski definition) is 1. The van der Waals surface area contributed by atoms with Gasteiger partial charge in [0.25, 0.3) is 0 Å². The number of benzene rings is 2. The van der Waals surface area contributed by atoms with Crippen molar-refractivity contribution in [3.63, 3.8) is 0 Å². The van der Waals surface area contributed by atoms with Crippen LogP contribution in [0.15, 0.2) is 46.9 Å². The second-order valence-corrected chi connectivity index (χ2v) is 4.51. The summed E-state index contributed by atoms with van der Waals surface area (Å²) < 4.78 is 1.08. The molecular formula is C13H12BrN. The lowest BCUT2D eigenvalue weighted by Gasteiger charge is -2.06. The van der Waals surface area contributed by atoms with Gasteiger partial charge >= 0.3 is 0 Å². The Bertz CT molecular complexity index is 474. The minimum atomic E-state index is 0.831. The van der Waals surface area contributed by atoms with Crippen LogP contribution in [0.1, 0.15) is 5.56 Å². The SMILES string of the molecule is Cc1ccc(-c2ccc(Br)cc2)c(N)c1. The molecule has 2 aromatic carbocycles. The average Bonchev–Trinajstić information content (AvgIpc) is 2.20. The molecule has 0 saturated carbocycles. The highest BCUT2D eigenvalue weighted by Crippen LogP contribution is 2.27. The third kappa shape index (κ3) is 2.21. The van der Waals surface area contributed by atoms with Gasteiger partial charge in [-0.3, -0.25) is 0 Å². The predicted molar refractivity (Wildman–Crippen MR) is 68.7 cm³/mol. The van der Waals surface area contributed by atoms with Crippen LogP contribution in [0.2, 0.25) is 0 Å². The van der Waals surface area contributed by atoms with Crippen molar-refractivity contribution in [2.45, 2.75) is 6.92 Å². The van der Waals surface area contributed by atoms with Crippen molar-refractivity contribution in [1.29, 1.82) is 0 Å². The summed E-state index contributed by atoms with van der Waals surface area (Å²) in [7, 11) is 0. The standard InChI is InChI=1S/C13H12BrN/c1-9-2-7-12(13(15)8-9)10-3-5-11(14)6-4-10/h2-8H,15H2,1H3. The molecule has 2 aromatic rings. The molecule has 0 unspecified atom stereocenters. The highest BCUT2D eigenvalue weighted by molar-refractivity contribution is 9.10. The first-order chi connectivity index (χ1) is 7.16. The van der Waals surface area contributed by atoms with Crippen LogP contribution in [0, 0.1) is 6.92 Å². The molecule has 2 heteroatoms. The lowest BCUT2D eigenvalue weighted by atomic mass is 10.0. The summed E-state index contributed by atoms with van der Waals surface area (Å²) in [4.78, 5) is 0. The van der Waals surface area contributed by atoms with Gasteiger partial charge in [0.2, 0.25) is 0 Å². The van der Waals surface area contributed by atoms with E-state index in [1.807, 2.05) is 25.1 Å². The molecule has 0 atom stereocenters. The molecule has 0 aliphatic heterocycles. The number of aryl methyl sites for hydroxylation is 1. The van der Waals surface area contributed by atoms with Gasteiger partial charge in [0.05, 0.1) is 0 Å². The third-order valence-electron chi connectivity index (χ3n) is 2.36. The lowest BCUT2D eigenvalue weighted by Crippen LogP contribution is -1.90. The summed E-state index contributed by atoms with van der Waals surface area (Å²) >= 11 is 3.42. The third-order valence-corrected chi connectivity index (χ3v) is 2.89. The number of rotatable bonds is 1. The second kappa shape index (κ2) is 4.07. The van der Waals surface area contributed by atoms with Gasteiger partial charge in [0.15, 0.2) is 0 Å². The number of nitrogens with two attached hydrogens (primary N) is 1. The topological polar surface area (TPSA) is 26.0 Å². The summed E-state index contributed by atoms with van der Waals surface area (Å²) in [6.45, 7) is 2.04. The summed E-state index contributed by atoms with van der Waals surface area (Å²) in [5, 5.41) is 0. The molecule has 15 heavy (non-hydrogen) atoms. The Morgan fingerprint density at radius 3 is 2.27 bits per heavy atom. The molecule has 0 spiro atoms. The van der Waals surface area contributed by atoms with Crippen molar-refractivity contribution in [2.75, 3.05) is 5.73 Å². The van der Waals surface area contributed by atoms with Crippen LogP contribution in [0.25, 0.3) is 11.1 Å². The zero-order valence-corrected chi connectivity index (χ0v) is 10.1. The van der Waals surface area contributed by atoms with E-state index < -0.39 is 0 Å². The second-order valence-electron chi connectivity index (χ2n) is 3.60. The lowest BCUT2D eigenvalue weighted by molar-refractivity contribution is 1.47. The molecule has 0 radical (unpaired) electrons. The van der Waals surface area contributed by atoms with Gasteiger partial charge in [-0.1, -0.05) is 40.2 Å². The molecule has 2 rings (SSSR count). The smallest absolute Gasteiger partial charge is 0.0396 e. The van der Waals surface area contributed by atoms with Crippen LogP contribution in [-0.4, -0.2) is 0 Å². The Morgan fingerprint density at radius 2 is 1.67 bits per heavy atom. The van der Waals surface area contributed by atoms with E-state index >= 15 is 0 Å². The Hall–Kier alpha value is -1.28. The van der Waals surface area contributed by atoms with E-state index in [4.69, 9.17) is 5.73 Å². The molecule has 0 aliphatic carbocycles. The zero-order chi connectivity index (χ0) is 10.8. The van der Waals surface area contributed by atoms with Gasteiger partial charge in [-0.15, -0.1) is 0 Å². The average molecular weight is 262 g/mol. The van der Waals surface area contributed by atoms with Crippen molar-refractivity contribution in [1.82, 2.24) is 0 Å². The molecule has 2 N–H and O–H groups in total. The van der Waals surface area contributed by atoms with E-state index in [0.29, 0.717) is 0 Å². The Balaban J connectivity index is 2.49. The van der Waals surface area contributed by atoms with E-state index in [1.165, 1.54) is 5.56 Å². The van der Waals surface area contributed by atoms with E-state index in [2.05, 4.69) is 40.2 Å². The molecule has 0 bridgehead atoms. The molecule has 76 valence electrons. The van der Waals surface area contributed by atoms with E-state index in [0.717, 1.165) is 21.3 Å². The predicted octanol–water partition coefficient (Wildman–Crippen LogP) is 4.01. The summed E-state index contributed by atoms with van der Waals surface area (Å²) in [5.74, 6) is 0. The Morgan fingerprint density at radius 1 is 1.00 bits per heavy atom. The van der Waals surface area contributed by atoms with Crippen molar-refractivity contribution >= 4 is 21.6 Å². The van der Waals surface area contributed by atoms with Gasteiger partial charge < -0.3 is 5.73 Å². The first kappa shape index (κ1) is 10.2. The largest absolute Gasteiger partial charge is 0.398 e. The van der Waals surface area contributed by atoms with Crippen molar-refractivity contribution < 1.29 is 0 Å². The highest BCUT2D eigenvalue weighted by Gasteiger charge is 2.01. The molecule has 0 aliphatic rings. The molecule has 0 heterocycles. The highest BCUT2D eigenvalue weighted by atomic mass is 79.9. The maximum absolute atomic E-state index is 5.98. The van der Waals surface area contributed by atoms with E-state index in [-0.39, 0.29) is 0 Å². The summed E-state index contributed by atoms with van der Waals surface area (Å²) in [6.07, 6.45) is 0. The molecule has 0 aromatic heterocycles. The Kier molecular flexibility index (Phi) is 2.78. The molecular weight excluding hydrogens is 250 g/mol. The maximum atomic E-state index is 5.98. The van der Waals surface area contributed by atoms with Gasteiger partial charge in [-0.2, -0.15) is 0 Å². The van der Waals surface area contributed by atoms with Gasteiger partial charge in [-0.05, 0) is 36.2 Å². The van der Waals surface area contributed by atoms with Gasteiger partial charge in [-0.25, -0.2) is 0 Å². The van der Waals surface area contributed by atoms with Gasteiger partial charge in [0.1, 0.15) is 0 Å². The maximum Gasteiger partial charge on any atom is 0.0396 e. The number of hydrogen-bond acceptors (Lipinski definition) is 1. The summed E-state index contributed by atoms with van der Waals surface area (Å²) in [6, 6.07) is 14.3. The Labute approximate surface area is 98.1 Å². The summed E-state index contributed by atoms with van der Waals surface area (Å²) in [5.41, 5.74) is 10.2. The molecule has 1 nitrogen and oxygen atoms in total. The van der Waals surface area contributed by atoms with Crippen molar-refractivity contribution in [2.24, 2.45) is 0 Å². The monoisotopic (exact) mass is 261 g/mol. The molecule has 0 fully saturated rings. The first-order valence-corrected chi connectivity index (χ1v) is 5.58. The first-order valence-electron chi connectivity index (χ1n) is 4.79. The number of nitrogen functional groups attached to an aromatic ring is 1. The quantitative estimate of drug-likeness (QED) is 0.772. The van der Waals surface area contributed by atoms with Crippen LogP contribution in [0.4, 0.5) is 5.69 Å². The van der Waals surface area contributed by atoms with Crippen LogP contribution < -0.4 is 5.73 Å². The molecule has 0 amide bonds. The van der Waals surface area contributed by atoms with Crippen LogP contribution >= 0.6 is 15.9 Å². The van der Waals surface area contributed by atoms with Crippen LogP contribution in [-0.2, 0) is 0 Å². The minimum absolute atomic E-state index is 0.831. The normalized spacial score (nSPS) is 10.3. The fourth-order valence-corrected chi connectivity index (χ4v) is 1.84. The fraction of sp³-hybridized carbons (Fsp3) is 0.0769.